The summed E-state index contributed by atoms with van der Waals surface area (Å²) in [6.45, 7) is 6.31. The predicted octanol–water partition coefficient (Wildman–Crippen LogP) is 0.688. The van der Waals surface area contributed by atoms with Crippen LogP contribution >= 0.6 is 11.3 Å². The van der Waals surface area contributed by atoms with Crippen molar-refractivity contribution in [2.75, 3.05) is 0 Å². The van der Waals surface area contributed by atoms with Crippen molar-refractivity contribution in [3.05, 3.63) is 27.5 Å². The smallest absolute Gasteiger partial charge is 0.242 e. The van der Waals surface area contributed by atoms with E-state index in [4.69, 9.17) is 5.73 Å². The minimum Gasteiger partial charge on any atom is -0.347 e. The van der Waals surface area contributed by atoms with E-state index in [2.05, 4.69) is 20.6 Å². The van der Waals surface area contributed by atoms with Gasteiger partial charge in [-0.15, -0.1) is 16.4 Å². The third-order valence-electron chi connectivity index (χ3n) is 2.81. The van der Waals surface area contributed by atoms with Crippen LogP contribution in [0.5, 0.6) is 0 Å². The second-order valence-electron chi connectivity index (χ2n) is 4.58. The summed E-state index contributed by atoms with van der Waals surface area (Å²) in [5, 5.41) is 11.6. The Morgan fingerprint density at radius 2 is 2.30 bits per heavy atom. The van der Waals surface area contributed by atoms with Gasteiger partial charge in [-0.1, -0.05) is 5.21 Å². The highest BCUT2D eigenvalue weighted by atomic mass is 32.1. The maximum Gasteiger partial charge on any atom is 0.242 e. The van der Waals surface area contributed by atoms with Crippen molar-refractivity contribution in [3.8, 4) is 0 Å². The molecule has 108 valence electrons. The van der Waals surface area contributed by atoms with Gasteiger partial charge in [0.05, 0.1) is 28.6 Å². The standard InChI is InChI=1S/C12H18N6OS/c1-7-12(20-9(3)14-7)8(2)15-11(19)6-18-5-10(4-13)16-17-18/h5,8H,4,6,13H2,1-3H3,(H,15,19). The van der Waals surface area contributed by atoms with E-state index in [1.165, 1.54) is 4.68 Å². The first-order valence-electron chi connectivity index (χ1n) is 6.32. The molecular weight excluding hydrogens is 276 g/mol. The fourth-order valence-corrected chi connectivity index (χ4v) is 2.89. The van der Waals surface area contributed by atoms with Crippen LogP contribution in [0.1, 0.15) is 34.2 Å². The number of rotatable bonds is 5. The van der Waals surface area contributed by atoms with Gasteiger partial charge in [-0.3, -0.25) is 4.79 Å². The number of hydrogen-bond donors (Lipinski definition) is 2. The summed E-state index contributed by atoms with van der Waals surface area (Å²) >= 11 is 1.60. The molecule has 7 nitrogen and oxygen atoms in total. The van der Waals surface area contributed by atoms with Gasteiger partial charge in [0.25, 0.3) is 0 Å². The molecule has 1 unspecified atom stereocenters. The van der Waals surface area contributed by atoms with E-state index < -0.39 is 0 Å². The molecule has 1 atom stereocenters. The van der Waals surface area contributed by atoms with Crippen LogP contribution in [0.4, 0.5) is 0 Å². The van der Waals surface area contributed by atoms with Gasteiger partial charge in [0.1, 0.15) is 6.54 Å². The summed E-state index contributed by atoms with van der Waals surface area (Å²) in [5.74, 6) is -0.114. The molecule has 3 N–H and O–H groups in total. The second kappa shape index (κ2) is 6.10. The minimum atomic E-state index is -0.114. The first kappa shape index (κ1) is 14.6. The number of carbonyl (C=O) groups excluding carboxylic acids is 1. The first-order valence-corrected chi connectivity index (χ1v) is 7.13. The van der Waals surface area contributed by atoms with E-state index in [-0.39, 0.29) is 18.5 Å². The van der Waals surface area contributed by atoms with E-state index in [1.54, 1.807) is 17.5 Å². The Balaban J connectivity index is 1.95. The first-order chi connectivity index (χ1) is 9.49. The minimum absolute atomic E-state index is 0.0637. The number of thiazole rings is 1. The van der Waals surface area contributed by atoms with E-state index >= 15 is 0 Å². The Morgan fingerprint density at radius 3 is 2.85 bits per heavy atom. The second-order valence-corrected chi connectivity index (χ2v) is 5.82. The molecule has 0 aromatic carbocycles. The number of amides is 1. The molecule has 0 aliphatic carbocycles. The van der Waals surface area contributed by atoms with Crippen LogP contribution in [-0.4, -0.2) is 25.9 Å². The Kier molecular flexibility index (Phi) is 4.46. The van der Waals surface area contributed by atoms with Crippen molar-refractivity contribution < 1.29 is 4.79 Å². The van der Waals surface area contributed by atoms with Gasteiger partial charge in [-0.2, -0.15) is 0 Å². The molecular formula is C12H18N6OS. The van der Waals surface area contributed by atoms with E-state index in [1.807, 2.05) is 20.8 Å². The molecule has 0 saturated carbocycles. The topological polar surface area (TPSA) is 98.7 Å². The molecule has 1 amide bonds. The molecule has 0 saturated heterocycles. The molecule has 0 aliphatic rings. The fourth-order valence-electron chi connectivity index (χ4n) is 1.96. The van der Waals surface area contributed by atoms with Crippen LogP contribution in [0.25, 0.3) is 0 Å². The molecule has 0 radical (unpaired) electrons. The summed E-state index contributed by atoms with van der Waals surface area (Å²) in [7, 11) is 0. The molecule has 0 spiro atoms. The van der Waals surface area contributed by atoms with Crippen LogP contribution < -0.4 is 11.1 Å². The number of aromatic nitrogens is 4. The monoisotopic (exact) mass is 294 g/mol. The summed E-state index contributed by atoms with van der Waals surface area (Å²) in [4.78, 5) is 17.4. The Bertz CT molecular complexity index is 605. The normalized spacial score (nSPS) is 12.4. The molecule has 2 rings (SSSR count). The van der Waals surface area contributed by atoms with Crippen LogP contribution in [-0.2, 0) is 17.9 Å². The largest absolute Gasteiger partial charge is 0.347 e. The van der Waals surface area contributed by atoms with Crippen LogP contribution in [0, 0.1) is 13.8 Å². The lowest BCUT2D eigenvalue weighted by Gasteiger charge is -2.12. The van der Waals surface area contributed by atoms with Gasteiger partial charge in [0, 0.05) is 11.4 Å². The Hall–Kier alpha value is -1.80. The van der Waals surface area contributed by atoms with Crippen molar-refractivity contribution in [1.82, 2.24) is 25.3 Å². The number of aryl methyl sites for hydroxylation is 2. The molecule has 0 bridgehead atoms. The highest BCUT2D eigenvalue weighted by Crippen LogP contribution is 2.24. The maximum absolute atomic E-state index is 12.0. The lowest BCUT2D eigenvalue weighted by molar-refractivity contribution is -0.122. The summed E-state index contributed by atoms with van der Waals surface area (Å²) < 4.78 is 1.48. The van der Waals surface area contributed by atoms with Crippen molar-refractivity contribution >= 4 is 17.2 Å². The highest BCUT2D eigenvalue weighted by molar-refractivity contribution is 7.11. The number of nitrogens with zero attached hydrogens (tertiary/aromatic N) is 4. The number of carbonyl (C=O) groups is 1. The summed E-state index contributed by atoms with van der Waals surface area (Å²) in [6, 6.07) is -0.0637. The lowest BCUT2D eigenvalue weighted by Crippen LogP contribution is -2.30. The zero-order chi connectivity index (χ0) is 14.7. The molecule has 8 heteroatoms. The van der Waals surface area contributed by atoms with Crippen molar-refractivity contribution in [2.24, 2.45) is 5.73 Å². The number of nitrogens with two attached hydrogens (primary N) is 1. The third-order valence-corrected chi connectivity index (χ3v) is 4.07. The SMILES string of the molecule is Cc1nc(C)c(C(C)NC(=O)Cn2cc(CN)nn2)s1. The van der Waals surface area contributed by atoms with Gasteiger partial charge >= 0.3 is 0 Å². The number of nitrogens with one attached hydrogen (secondary N) is 1. The van der Waals surface area contributed by atoms with Crippen LogP contribution in [0.2, 0.25) is 0 Å². The summed E-state index contributed by atoms with van der Waals surface area (Å²) in [5.41, 5.74) is 7.08. The van der Waals surface area contributed by atoms with E-state index in [0.717, 1.165) is 15.6 Å². The zero-order valence-corrected chi connectivity index (χ0v) is 12.6. The van der Waals surface area contributed by atoms with Gasteiger partial charge in [0.15, 0.2) is 0 Å². The molecule has 2 aromatic heterocycles. The Morgan fingerprint density at radius 1 is 1.55 bits per heavy atom. The van der Waals surface area contributed by atoms with E-state index in [9.17, 15) is 4.79 Å². The van der Waals surface area contributed by atoms with Gasteiger partial charge < -0.3 is 11.1 Å². The highest BCUT2D eigenvalue weighted by Gasteiger charge is 2.15. The third kappa shape index (κ3) is 3.40. The molecule has 0 fully saturated rings. The summed E-state index contributed by atoms with van der Waals surface area (Å²) in [6.07, 6.45) is 1.67. The quantitative estimate of drug-likeness (QED) is 0.845. The zero-order valence-electron chi connectivity index (χ0n) is 11.8. The lowest BCUT2D eigenvalue weighted by atomic mass is 10.2. The average molecular weight is 294 g/mol. The average Bonchev–Trinajstić information content (AvgIpc) is 2.95. The predicted molar refractivity (Wildman–Crippen MR) is 76.1 cm³/mol. The van der Waals surface area contributed by atoms with Gasteiger partial charge in [-0.25, -0.2) is 9.67 Å². The van der Waals surface area contributed by atoms with Crippen molar-refractivity contribution in [2.45, 2.75) is 39.9 Å². The fraction of sp³-hybridized carbons (Fsp3) is 0.500. The Labute approximate surface area is 121 Å². The van der Waals surface area contributed by atoms with Gasteiger partial charge in [-0.05, 0) is 20.8 Å². The molecule has 2 heterocycles. The van der Waals surface area contributed by atoms with E-state index in [0.29, 0.717) is 12.2 Å². The van der Waals surface area contributed by atoms with Crippen LogP contribution in [0.15, 0.2) is 6.20 Å². The van der Waals surface area contributed by atoms with Gasteiger partial charge in [0.2, 0.25) is 5.91 Å². The van der Waals surface area contributed by atoms with Crippen LogP contribution in [0.3, 0.4) is 0 Å². The maximum atomic E-state index is 12.0. The molecule has 2 aromatic rings. The molecule has 0 aliphatic heterocycles. The molecule has 20 heavy (non-hydrogen) atoms. The number of hydrogen-bond acceptors (Lipinski definition) is 6. The van der Waals surface area contributed by atoms with Crippen molar-refractivity contribution in [1.29, 1.82) is 0 Å². The van der Waals surface area contributed by atoms with Crippen molar-refractivity contribution in [3.63, 3.8) is 0 Å².